The lowest BCUT2D eigenvalue weighted by atomic mass is 10.2. The molecule has 2 atom stereocenters. The summed E-state index contributed by atoms with van der Waals surface area (Å²) in [7, 11) is 0. The van der Waals surface area contributed by atoms with Gasteiger partial charge in [0.1, 0.15) is 0 Å². The van der Waals surface area contributed by atoms with E-state index in [1.54, 1.807) is 40.5 Å². The second kappa shape index (κ2) is 8.14. The topological polar surface area (TPSA) is 69.7 Å². The van der Waals surface area contributed by atoms with E-state index in [0.717, 1.165) is 6.42 Å². The highest BCUT2D eigenvalue weighted by atomic mass is 32.1. The molecule has 1 N–H and O–H groups in total. The first kappa shape index (κ1) is 18.7. The highest BCUT2D eigenvalue weighted by Gasteiger charge is 2.46. The lowest BCUT2D eigenvalue weighted by molar-refractivity contribution is -0.139. The van der Waals surface area contributed by atoms with Crippen LogP contribution in [0.4, 0.5) is 0 Å². The highest BCUT2D eigenvalue weighted by molar-refractivity contribution is 7.10. The first-order chi connectivity index (χ1) is 13.6. The molecule has 2 heterocycles. The van der Waals surface area contributed by atoms with Crippen LogP contribution in [0.25, 0.3) is 0 Å². The van der Waals surface area contributed by atoms with Crippen LogP contribution in [-0.2, 0) is 9.59 Å². The van der Waals surface area contributed by atoms with E-state index < -0.39 is 0 Å². The molecular formula is C21H23N3O3S. The number of amides is 3. The van der Waals surface area contributed by atoms with Gasteiger partial charge in [0, 0.05) is 48.5 Å². The van der Waals surface area contributed by atoms with Crippen LogP contribution in [0.1, 0.15) is 27.6 Å². The smallest absolute Gasteiger partial charge is 0.251 e. The molecule has 4 rings (SSSR count). The monoisotopic (exact) mass is 397 g/mol. The summed E-state index contributed by atoms with van der Waals surface area (Å²) in [4.78, 5) is 42.0. The Morgan fingerprint density at radius 3 is 2.36 bits per heavy atom. The predicted molar refractivity (Wildman–Crippen MR) is 107 cm³/mol. The molecule has 1 saturated carbocycles. The van der Waals surface area contributed by atoms with Gasteiger partial charge in [-0.05, 0) is 30.0 Å². The zero-order valence-electron chi connectivity index (χ0n) is 15.5. The van der Waals surface area contributed by atoms with E-state index in [1.807, 2.05) is 17.0 Å². The van der Waals surface area contributed by atoms with Crippen LogP contribution in [0, 0.1) is 5.92 Å². The van der Waals surface area contributed by atoms with Gasteiger partial charge in [-0.25, -0.2) is 0 Å². The number of hydrogen-bond donors (Lipinski definition) is 1. The molecule has 146 valence electrons. The summed E-state index contributed by atoms with van der Waals surface area (Å²) in [6.07, 6.45) is 0.935. The number of benzene rings is 1. The maximum atomic E-state index is 12.7. The SMILES string of the molecule is O=C(NCC(=O)N1CCN(C(=O)C2CC2c2cccs2)CC1)c1ccccc1. The predicted octanol–water partition coefficient (Wildman–Crippen LogP) is 1.95. The average molecular weight is 398 g/mol. The fourth-order valence-corrected chi connectivity index (χ4v) is 4.56. The van der Waals surface area contributed by atoms with Crippen LogP contribution in [0.2, 0.25) is 0 Å². The van der Waals surface area contributed by atoms with Crippen LogP contribution in [0.15, 0.2) is 47.8 Å². The molecule has 1 aliphatic carbocycles. The van der Waals surface area contributed by atoms with Gasteiger partial charge in [-0.1, -0.05) is 24.3 Å². The van der Waals surface area contributed by atoms with E-state index in [9.17, 15) is 14.4 Å². The summed E-state index contributed by atoms with van der Waals surface area (Å²) in [6.45, 7) is 2.13. The van der Waals surface area contributed by atoms with Gasteiger partial charge in [-0.2, -0.15) is 0 Å². The van der Waals surface area contributed by atoms with Crippen LogP contribution in [0.5, 0.6) is 0 Å². The lowest BCUT2D eigenvalue weighted by Crippen LogP contribution is -2.53. The molecular weight excluding hydrogens is 374 g/mol. The van der Waals surface area contributed by atoms with Crippen molar-refractivity contribution in [1.82, 2.24) is 15.1 Å². The van der Waals surface area contributed by atoms with Gasteiger partial charge in [0.15, 0.2) is 0 Å². The Hall–Kier alpha value is -2.67. The third-order valence-electron chi connectivity index (χ3n) is 5.40. The maximum Gasteiger partial charge on any atom is 0.251 e. The number of thiophene rings is 1. The van der Waals surface area contributed by atoms with Gasteiger partial charge in [0.05, 0.1) is 6.54 Å². The molecule has 1 saturated heterocycles. The number of carbonyl (C=O) groups is 3. The van der Waals surface area contributed by atoms with Crippen molar-refractivity contribution in [2.75, 3.05) is 32.7 Å². The van der Waals surface area contributed by atoms with Crippen molar-refractivity contribution in [1.29, 1.82) is 0 Å². The Balaban J connectivity index is 1.21. The quantitative estimate of drug-likeness (QED) is 0.838. The number of rotatable bonds is 5. The number of nitrogens with zero attached hydrogens (tertiary/aromatic N) is 2. The van der Waals surface area contributed by atoms with Crippen LogP contribution in [-0.4, -0.2) is 60.2 Å². The fourth-order valence-electron chi connectivity index (χ4n) is 3.65. The minimum atomic E-state index is -0.254. The summed E-state index contributed by atoms with van der Waals surface area (Å²) in [5.74, 6) is 0.324. The second-order valence-electron chi connectivity index (χ2n) is 7.22. The summed E-state index contributed by atoms with van der Waals surface area (Å²) in [5.41, 5.74) is 0.537. The van der Waals surface area contributed by atoms with Gasteiger partial charge >= 0.3 is 0 Å². The van der Waals surface area contributed by atoms with E-state index in [-0.39, 0.29) is 30.2 Å². The molecule has 1 aromatic carbocycles. The number of carbonyl (C=O) groups excluding carboxylic acids is 3. The Bertz CT molecular complexity index is 845. The minimum absolute atomic E-state index is 0.0231. The average Bonchev–Trinajstić information content (AvgIpc) is 3.36. The van der Waals surface area contributed by atoms with Crippen molar-refractivity contribution in [3.8, 4) is 0 Å². The Morgan fingerprint density at radius 2 is 1.68 bits per heavy atom. The van der Waals surface area contributed by atoms with Crippen molar-refractivity contribution in [3.05, 3.63) is 58.3 Å². The van der Waals surface area contributed by atoms with E-state index in [4.69, 9.17) is 0 Å². The van der Waals surface area contributed by atoms with Crippen LogP contribution >= 0.6 is 11.3 Å². The lowest BCUT2D eigenvalue weighted by Gasteiger charge is -2.35. The normalized spacial score (nSPS) is 21.3. The minimum Gasteiger partial charge on any atom is -0.343 e. The molecule has 2 aliphatic rings. The third kappa shape index (κ3) is 4.09. The molecule has 1 aromatic heterocycles. The van der Waals surface area contributed by atoms with Crippen molar-refractivity contribution < 1.29 is 14.4 Å². The van der Waals surface area contributed by atoms with E-state index in [0.29, 0.717) is 37.7 Å². The molecule has 0 bridgehead atoms. The van der Waals surface area contributed by atoms with E-state index in [2.05, 4.69) is 16.8 Å². The molecule has 2 unspecified atom stereocenters. The standard InChI is InChI=1S/C21H23N3O3S/c25-19(14-22-20(26)15-5-2-1-3-6-15)23-8-10-24(11-9-23)21(27)17-13-16(17)18-7-4-12-28-18/h1-7,12,16-17H,8-11,13-14H2,(H,22,26). The first-order valence-electron chi connectivity index (χ1n) is 9.56. The second-order valence-corrected chi connectivity index (χ2v) is 8.20. The molecule has 3 amide bonds. The maximum absolute atomic E-state index is 12.7. The number of nitrogens with one attached hydrogen (secondary N) is 1. The molecule has 0 spiro atoms. The van der Waals surface area contributed by atoms with Gasteiger partial charge in [-0.15, -0.1) is 11.3 Å². The summed E-state index contributed by atoms with van der Waals surface area (Å²) in [5, 5.41) is 4.72. The molecule has 7 heteroatoms. The van der Waals surface area contributed by atoms with Gasteiger partial charge in [0.25, 0.3) is 5.91 Å². The third-order valence-corrected chi connectivity index (χ3v) is 6.40. The van der Waals surface area contributed by atoms with Crippen LogP contribution < -0.4 is 5.32 Å². The van der Waals surface area contributed by atoms with Gasteiger partial charge in [0.2, 0.25) is 11.8 Å². The highest BCUT2D eigenvalue weighted by Crippen LogP contribution is 2.50. The first-order valence-corrected chi connectivity index (χ1v) is 10.4. The van der Waals surface area contributed by atoms with Crippen LogP contribution in [0.3, 0.4) is 0 Å². The van der Waals surface area contributed by atoms with Crippen molar-refractivity contribution >= 4 is 29.1 Å². The molecule has 1 aliphatic heterocycles. The summed E-state index contributed by atoms with van der Waals surface area (Å²) < 4.78 is 0. The van der Waals surface area contributed by atoms with Crippen molar-refractivity contribution in [2.45, 2.75) is 12.3 Å². The molecule has 2 fully saturated rings. The van der Waals surface area contributed by atoms with Crippen molar-refractivity contribution in [3.63, 3.8) is 0 Å². The summed E-state index contributed by atoms with van der Waals surface area (Å²) >= 11 is 1.71. The number of hydrogen-bond acceptors (Lipinski definition) is 4. The largest absolute Gasteiger partial charge is 0.343 e. The fraction of sp³-hybridized carbons (Fsp3) is 0.381. The van der Waals surface area contributed by atoms with Gasteiger partial charge in [-0.3, -0.25) is 14.4 Å². The van der Waals surface area contributed by atoms with E-state index in [1.165, 1.54) is 4.88 Å². The summed E-state index contributed by atoms with van der Waals surface area (Å²) in [6, 6.07) is 13.0. The van der Waals surface area contributed by atoms with Crippen molar-refractivity contribution in [2.24, 2.45) is 5.92 Å². The van der Waals surface area contributed by atoms with Gasteiger partial charge < -0.3 is 15.1 Å². The Morgan fingerprint density at radius 1 is 0.964 bits per heavy atom. The zero-order valence-corrected chi connectivity index (χ0v) is 16.4. The molecule has 28 heavy (non-hydrogen) atoms. The molecule has 2 aromatic rings. The zero-order chi connectivity index (χ0) is 19.5. The Kier molecular flexibility index (Phi) is 5.43. The number of piperazine rings is 1. The Labute approximate surface area is 168 Å². The molecule has 0 radical (unpaired) electrons. The van der Waals surface area contributed by atoms with E-state index >= 15 is 0 Å². The molecule has 6 nitrogen and oxygen atoms in total.